The van der Waals surface area contributed by atoms with E-state index >= 15 is 0 Å². The van der Waals surface area contributed by atoms with Crippen LogP contribution in [-0.2, 0) is 29.9 Å². The van der Waals surface area contributed by atoms with E-state index < -0.39 is 0 Å². The maximum Gasteiger partial charge on any atom is 0.126 e. The number of benzene rings is 2. The number of ether oxygens (including phenoxy) is 1. The van der Waals surface area contributed by atoms with Crippen LogP contribution in [0.4, 0.5) is 0 Å². The van der Waals surface area contributed by atoms with Crippen LogP contribution in [0.5, 0.6) is 11.5 Å². The van der Waals surface area contributed by atoms with E-state index in [1.165, 1.54) is 17.6 Å². The molecule has 1 unspecified atom stereocenters. The van der Waals surface area contributed by atoms with Crippen LogP contribution in [0.3, 0.4) is 0 Å². The van der Waals surface area contributed by atoms with Crippen LogP contribution in [0.25, 0.3) is 0 Å². The molecule has 1 aliphatic carbocycles. The fraction of sp³-hybridized carbons (Fsp3) is 0.333. The van der Waals surface area contributed by atoms with Crippen molar-refractivity contribution in [1.29, 1.82) is 0 Å². The van der Waals surface area contributed by atoms with Crippen molar-refractivity contribution in [3.8, 4) is 11.5 Å². The van der Waals surface area contributed by atoms with Gasteiger partial charge in [-0.15, -0.1) is 0 Å². The van der Waals surface area contributed by atoms with E-state index in [0.29, 0.717) is 5.75 Å². The van der Waals surface area contributed by atoms with Crippen molar-refractivity contribution >= 4 is 0 Å². The number of hydrogen-bond donors (Lipinski definition) is 1. The molecule has 0 aromatic heterocycles. The first-order valence-corrected chi connectivity index (χ1v) is 9.19. The Labute approximate surface area is 174 Å². The Morgan fingerprint density at radius 2 is 1.78 bits per heavy atom. The first-order valence-electron chi connectivity index (χ1n) is 9.19. The molecular formula is C24H29FeO2-. The number of hydrogen-bond acceptors (Lipinski definition) is 2. The van der Waals surface area contributed by atoms with Gasteiger partial charge in [-0.3, -0.25) is 6.58 Å². The first-order chi connectivity index (χ1) is 12.7. The van der Waals surface area contributed by atoms with Crippen LogP contribution in [0.1, 0.15) is 48.8 Å². The quantitative estimate of drug-likeness (QED) is 0.375. The van der Waals surface area contributed by atoms with Crippen molar-refractivity contribution in [2.75, 3.05) is 7.11 Å². The molecule has 0 radical (unpaired) electrons. The summed E-state index contributed by atoms with van der Waals surface area (Å²) in [6, 6.07) is 14.5. The number of rotatable bonds is 5. The van der Waals surface area contributed by atoms with Crippen LogP contribution >= 0.6 is 0 Å². The molecule has 0 aliphatic heterocycles. The smallest absolute Gasteiger partial charge is 0.126 e. The Morgan fingerprint density at radius 3 is 2.41 bits per heavy atom. The Bertz CT molecular complexity index is 738. The Kier molecular flexibility index (Phi) is 9.99. The maximum absolute atomic E-state index is 10.6. The molecule has 0 amide bonds. The summed E-state index contributed by atoms with van der Waals surface area (Å²) >= 11 is 0. The van der Waals surface area contributed by atoms with Crippen molar-refractivity contribution in [2.45, 2.75) is 44.9 Å². The number of aromatic hydroxyl groups is 1. The molecule has 0 bridgehead atoms. The minimum absolute atomic E-state index is 0. The molecule has 2 nitrogen and oxygen atoms in total. The summed E-state index contributed by atoms with van der Waals surface area (Å²) in [5, 5.41) is 10.6. The van der Waals surface area contributed by atoms with E-state index in [9.17, 15) is 5.11 Å². The first kappa shape index (κ1) is 23.1. The topological polar surface area (TPSA) is 29.5 Å². The number of aryl methyl sites for hydroxylation is 2. The van der Waals surface area contributed by atoms with Crippen LogP contribution < -0.4 is 4.74 Å². The number of methoxy groups -OCH3 is 1. The SMILES string of the molecule is COc1cc(CCc2ccccc2)cc(O)c1C1C=C(C)CCC1.[CH-]=C.[Fe]. The average molecular weight is 405 g/mol. The fourth-order valence-electron chi connectivity index (χ4n) is 3.63. The molecule has 0 spiro atoms. The zero-order valence-electron chi connectivity index (χ0n) is 16.2. The molecule has 0 heterocycles. The summed E-state index contributed by atoms with van der Waals surface area (Å²) in [5.41, 5.74) is 4.78. The third-order valence-electron chi connectivity index (χ3n) is 4.89. The molecule has 3 heteroatoms. The van der Waals surface area contributed by atoms with Crippen molar-refractivity contribution in [1.82, 2.24) is 0 Å². The summed E-state index contributed by atoms with van der Waals surface area (Å²) in [4.78, 5) is 0. The van der Waals surface area contributed by atoms with Crippen LogP contribution in [-0.4, -0.2) is 12.2 Å². The molecule has 1 N–H and O–H groups in total. The second-order valence-corrected chi connectivity index (χ2v) is 6.73. The van der Waals surface area contributed by atoms with Crippen molar-refractivity contribution in [3.05, 3.63) is 84.0 Å². The minimum Gasteiger partial charge on any atom is -0.521 e. The Balaban J connectivity index is 0.00000118. The van der Waals surface area contributed by atoms with Crippen LogP contribution in [0, 0.1) is 6.58 Å². The molecule has 146 valence electrons. The summed E-state index contributed by atoms with van der Waals surface area (Å²) in [7, 11) is 1.69. The van der Waals surface area contributed by atoms with Crippen LogP contribution in [0.15, 0.2) is 60.7 Å². The number of allylic oxidation sites excluding steroid dienone is 2. The van der Waals surface area contributed by atoms with Gasteiger partial charge in [0.05, 0.1) is 7.11 Å². The molecule has 2 aromatic rings. The van der Waals surface area contributed by atoms with Gasteiger partial charge in [0.2, 0.25) is 0 Å². The minimum atomic E-state index is 0. The van der Waals surface area contributed by atoms with Gasteiger partial charge in [-0.25, -0.2) is 0 Å². The normalized spacial score (nSPS) is 15.6. The van der Waals surface area contributed by atoms with Gasteiger partial charge in [0.25, 0.3) is 0 Å². The van der Waals surface area contributed by atoms with E-state index in [1.807, 2.05) is 12.1 Å². The molecule has 0 fully saturated rings. The molecule has 1 atom stereocenters. The third kappa shape index (κ3) is 6.30. The second-order valence-electron chi connectivity index (χ2n) is 6.73. The predicted molar refractivity (Wildman–Crippen MR) is 109 cm³/mol. The summed E-state index contributed by atoms with van der Waals surface area (Å²) in [6.07, 6.45) is 7.55. The van der Waals surface area contributed by atoms with E-state index in [0.717, 1.165) is 42.6 Å². The van der Waals surface area contributed by atoms with Gasteiger partial charge in [0, 0.05) is 28.6 Å². The van der Waals surface area contributed by atoms with Gasteiger partial charge in [-0.1, -0.05) is 42.0 Å². The summed E-state index contributed by atoms with van der Waals surface area (Å²) in [6.45, 7) is 9.17. The predicted octanol–water partition coefficient (Wildman–Crippen LogP) is 6.00. The van der Waals surface area contributed by atoms with E-state index in [-0.39, 0.29) is 23.0 Å². The molecule has 1 aliphatic rings. The van der Waals surface area contributed by atoms with Gasteiger partial charge in [-0.05, 0) is 62.3 Å². The van der Waals surface area contributed by atoms with Gasteiger partial charge in [0.15, 0.2) is 0 Å². The molecule has 3 rings (SSSR count). The van der Waals surface area contributed by atoms with E-state index in [2.05, 4.69) is 56.5 Å². The zero-order valence-corrected chi connectivity index (χ0v) is 17.3. The second kappa shape index (κ2) is 11.7. The number of phenolic OH excluding ortho intramolecular Hbond substituents is 1. The van der Waals surface area contributed by atoms with Gasteiger partial charge < -0.3 is 16.4 Å². The summed E-state index contributed by atoms with van der Waals surface area (Å²) < 4.78 is 5.62. The van der Waals surface area contributed by atoms with Crippen molar-refractivity contribution < 1.29 is 26.9 Å². The fourth-order valence-corrected chi connectivity index (χ4v) is 3.63. The monoisotopic (exact) mass is 405 g/mol. The van der Waals surface area contributed by atoms with Gasteiger partial charge >= 0.3 is 0 Å². The van der Waals surface area contributed by atoms with E-state index in [1.54, 1.807) is 7.11 Å². The van der Waals surface area contributed by atoms with E-state index in [4.69, 9.17) is 4.74 Å². The average Bonchev–Trinajstić information content (AvgIpc) is 2.68. The van der Waals surface area contributed by atoms with Gasteiger partial charge in [-0.2, -0.15) is 0 Å². The molecule has 0 saturated heterocycles. The maximum atomic E-state index is 10.6. The number of phenols is 1. The zero-order chi connectivity index (χ0) is 18.9. The summed E-state index contributed by atoms with van der Waals surface area (Å²) in [5.74, 6) is 1.44. The molecule has 0 saturated carbocycles. The van der Waals surface area contributed by atoms with Crippen molar-refractivity contribution in [2.24, 2.45) is 0 Å². The largest absolute Gasteiger partial charge is 0.521 e. The molecular weight excluding hydrogens is 376 g/mol. The van der Waals surface area contributed by atoms with Crippen molar-refractivity contribution in [3.63, 3.8) is 0 Å². The molecule has 2 aromatic carbocycles. The third-order valence-corrected chi connectivity index (χ3v) is 4.89. The Hall–Kier alpha value is -1.96. The van der Waals surface area contributed by atoms with Gasteiger partial charge in [0.1, 0.15) is 11.5 Å². The molecule has 27 heavy (non-hydrogen) atoms. The van der Waals surface area contributed by atoms with Crippen LogP contribution in [0.2, 0.25) is 0 Å². The standard InChI is InChI=1S/C22H26O2.C2H3.Fe/c1-16-7-6-10-19(13-16)22-20(23)14-18(15-21(22)24-2)12-11-17-8-4-3-5-9-17;1-2;/h3-5,8-9,13-15,19,23H,6-7,10-12H2,1-2H3;1H,2H2;/q;-1;. The Morgan fingerprint density at radius 1 is 1.11 bits per heavy atom.